The highest BCUT2D eigenvalue weighted by Gasteiger charge is 2.13. The zero-order valence-electron chi connectivity index (χ0n) is 9.45. The standard InChI is InChI=1S/C12H11BFNO2S/c14-12-7-10(13(16)17)2-1-9(12)8-18-11-3-5-15-6-4-11/h1-7,16-17H,8H2. The molecule has 0 radical (unpaired) electrons. The monoisotopic (exact) mass is 263 g/mol. The average Bonchev–Trinajstić information content (AvgIpc) is 2.38. The van der Waals surface area contributed by atoms with E-state index in [1.807, 2.05) is 12.1 Å². The Kier molecular flexibility index (Phi) is 4.35. The minimum atomic E-state index is -1.64. The van der Waals surface area contributed by atoms with E-state index in [0.717, 1.165) is 11.0 Å². The van der Waals surface area contributed by atoms with Crippen LogP contribution in [-0.2, 0) is 5.75 Å². The molecule has 2 rings (SSSR count). The predicted octanol–water partition coefficient (Wildman–Crippen LogP) is 1.19. The number of halogens is 1. The minimum Gasteiger partial charge on any atom is -0.423 e. The van der Waals surface area contributed by atoms with Crippen molar-refractivity contribution in [2.24, 2.45) is 0 Å². The number of pyridine rings is 1. The molecular weight excluding hydrogens is 252 g/mol. The van der Waals surface area contributed by atoms with Gasteiger partial charge in [0, 0.05) is 23.0 Å². The second-order valence-corrected chi connectivity index (χ2v) is 4.74. The van der Waals surface area contributed by atoms with Gasteiger partial charge in [-0.1, -0.05) is 12.1 Å². The maximum atomic E-state index is 13.7. The molecule has 6 heteroatoms. The fourth-order valence-corrected chi connectivity index (χ4v) is 2.31. The van der Waals surface area contributed by atoms with Crippen LogP contribution in [0.25, 0.3) is 0 Å². The van der Waals surface area contributed by atoms with E-state index in [-0.39, 0.29) is 5.46 Å². The Balaban J connectivity index is 2.06. The van der Waals surface area contributed by atoms with Gasteiger partial charge < -0.3 is 10.0 Å². The molecule has 18 heavy (non-hydrogen) atoms. The number of rotatable bonds is 4. The lowest BCUT2D eigenvalue weighted by atomic mass is 9.80. The zero-order valence-corrected chi connectivity index (χ0v) is 10.3. The lowest BCUT2D eigenvalue weighted by Gasteiger charge is -2.05. The highest BCUT2D eigenvalue weighted by Crippen LogP contribution is 2.22. The summed E-state index contributed by atoms with van der Waals surface area (Å²) in [5, 5.41) is 17.8. The Bertz CT molecular complexity index is 525. The molecule has 1 aromatic heterocycles. The zero-order chi connectivity index (χ0) is 13.0. The highest BCUT2D eigenvalue weighted by atomic mass is 32.2. The average molecular weight is 263 g/mol. The molecule has 0 bridgehead atoms. The van der Waals surface area contributed by atoms with E-state index in [4.69, 9.17) is 10.0 Å². The summed E-state index contributed by atoms with van der Waals surface area (Å²) in [6.45, 7) is 0. The third-order valence-corrected chi connectivity index (χ3v) is 3.48. The third kappa shape index (κ3) is 3.32. The molecule has 0 aliphatic carbocycles. The smallest absolute Gasteiger partial charge is 0.423 e. The quantitative estimate of drug-likeness (QED) is 0.642. The van der Waals surface area contributed by atoms with Gasteiger partial charge in [0.05, 0.1) is 0 Å². The SMILES string of the molecule is OB(O)c1ccc(CSc2ccncc2)c(F)c1. The summed E-state index contributed by atoms with van der Waals surface area (Å²) in [7, 11) is -1.64. The molecule has 1 aromatic carbocycles. The summed E-state index contributed by atoms with van der Waals surface area (Å²) in [6.07, 6.45) is 3.37. The van der Waals surface area contributed by atoms with E-state index in [1.165, 1.54) is 17.8 Å². The Labute approximate surface area is 109 Å². The van der Waals surface area contributed by atoms with Crippen molar-refractivity contribution in [2.75, 3.05) is 0 Å². The van der Waals surface area contributed by atoms with E-state index in [2.05, 4.69) is 4.98 Å². The van der Waals surface area contributed by atoms with E-state index in [0.29, 0.717) is 11.3 Å². The Hall–Kier alpha value is -1.37. The van der Waals surface area contributed by atoms with Gasteiger partial charge in [-0.2, -0.15) is 0 Å². The van der Waals surface area contributed by atoms with Crippen LogP contribution in [0.4, 0.5) is 4.39 Å². The summed E-state index contributed by atoms with van der Waals surface area (Å²) in [5.41, 5.74) is 0.686. The van der Waals surface area contributed by atoms with Crippen molar-refractivity contribution < 1.29 is 14.4 Å². The summed E-state index contributed by atoms with van der Waals surface area (Å²) in [5.74, 6) is 0.0552. The van der Waals surface area contributed by atoms with Crippen LogP contribution in [-0.4, -0.2) is 22.2 Å². The van der Waals surface area contributed by atoms with Crippen molar-refractivity contribution in [3.05, 3.63) is 54.1 Å². The van der Waals surface area contributed by atoms with Gasteiger partial charge in [-0.05, 0) is 29.2 Å². The van der Waals surface area contributed by atoms with Gasteiger partial charge in [0.1, 0.15) is 5.82 Å². The Morgan fingerprint density at radius 1 is 1.17 bits per heavy atom. The predicted molar refractivity (Wildman–Crippen MR) is 70.0 cm³/mol. The first-order chi connectivity index (χ1) is 8.66. The first-order valence-corrected chi connectivity index (χ1v) is 6.32. The molecule has 2 aromatic rings. The van der Waals surface area contributed by atoms with Crippen molar-refractivity contribution in [3.63, 3.8) is 0 Å². The molecule has 1 heterocycles. The van der Waals surface area contributed by atoms with Gasteiger partial charge in [-0.25, -0.2) is 4.39 Å². The van der Waals surface area contributed by atoms with Crippen LogP contribution in [0.1, 0.15) is 5.56 Å². The molecule has 0 spiro atoms. The summed E-state index contributed by atoms with van der Waals surface area (Å²) in [6, 6.07) is 7.93. The van der Waals surface area contributed by atoms with Crippen LogP contribution in [0.2, 0.25) is 0 Å². The van der Waals surface area contributed by atoms with Crippen LogP contribution < -0.4 is 5.46 Å². The number of nitrogens with zero attached hydrogens (tertiary/aromatic N) is 1. The third-order valence-electron chi connectivity index (χ3n) is 2.42. The molecule has 0 aliphatic heterocycles. The van der Waals surface area contributed by atoms with Gasteiger partial charge >= 0.3 is 7.12 Å². The van der Waals surface area contributed by atoms with Crippen LogP contribution in [0, 0.1) is 5.82 Å². The van der Waals surface area contributed by atoms with E-state index in [1.54, 1.807) is 18.5 Å². The summed E-state index contributed by atoms with van der Waals surface area (Å²) >= 11 is 1.50. The van der Waals surface area contributed by atoms with Crippen LogP contribution in [0.5, 0.6) is 0 Å². The molecule has 0 unspecified atom stereocenters. The maximum absolute atomic E-state index is 13.7. The topological polar surface area (TPSA) is 53.4 Å². The first kappa shape index (κ1) is 13.1. The lowest BCUT2D eigenvalue weighted by Crippen LogP contribution is -2.30. The number of aromatic nitrogens is 1. The van der Waals surface area contributed by atoms with E-state index < -0.39 is 12.9 Å². The van der Waals surface area contributed by atoms with Crippen molar-refractivity contribution >= 4 is 24.3 Å². The molecule has 0 aliphatic rings. The molecule has 0 atom stereocenters. The Morgan fingerprint density at radius 2 is 1.89 bits per heavy atom. The molecule has 3 nitrogen and oxygen atoms in total. The molecular formula is C12H11BFNO2S. The molecule has 0 amide bonds. The number of hydrogen-bond acceptors (Lipinski definition) is 4. The van der Waals surface area contributed by atoms with Gasteiger partial charge in [0.25, 0.3) is 0 Å². The van der Waals surface area contributed by atoms with Crippen molar-refractivity contribution in [1.29, 1.82) is 0 Å². The number of hydrogen-bond donors (Lipinski definition) is 2. The van der Waals surface area contributed by atoms with Crippen molar-refractivity contribution in [2.45, 2.75) is 10.6 Å². The van der Waals surface area contributed by atoms with Gasteiger partial charge in [-0.15, -0.1) is 11.8 Å². The fraction of sp³-hybridized carbons (Fsp3) is 0.0833. The first-order valence-electron chi connectivity index (χ1n) is 5.34. The highest BCUT2D eigenvalue weighted by molar-refractivity contribution is 7.98. The number of thioether (sulfide) groups is 1. The van der Waals surface area contributed by atoms with Crippen LogP contribution in [0.15, 0.2) is 47.6 Å². The minimum absolute atomic E-state index is 0.158. The van der Waals surface area contributed by atoms with Crippen molar-refractivity contribution in [1.82, 2.24) is 4.98 Å². The van der Waals surface area contributed by atoms with Gasteiger partial charge in [-0.3, -0.25) is 4.98 Å². The molecule has 0 fully saturated rings. The second-order valence-electron chi connectivity index (χ2n) is 3.70. The van der Waals surface area contributed by atoms with Gasteiger partial charge in [0.15, 0.2) is 0 Å². The van der Waals surface area contributed by atoms with E-state index >= 15 is 0 Å². The lowest BCUT2D eigenvalue weighted by molar-refractivity contribution is 0.425. The normalized spacial score (nSPS) is 10.4. The fourth-order valence-electron chi connectivity index (χ4n) is 1.44. The summed E-state index contributed by atoms with van der Waals surface area (Å²) < 4.78 is 13.7. The van der Waals surface area contributed by atoms with Gasteiger partial charge in [0.2, 0.25) is 0 Å². The van der Waals surface area contributed by atoms with Crippen molar-refractivity contribution in [3.8, 4) is 0 Å². The molecule has 0 saturated heterocycles. The molecule has 2 N–H and O–H groups in total. The second kappa shape index (κ2) is 5.99. The molecule has 92 valence electrons. The maximum Gasteiger partial charge on any atom is 0.488 e. The number of benzene rings is 1. The molecule has 0 saturated carbocycles. The van der Waals surface area contributed by atoms with Crippen LogP contribution in [0.3, 0.4) is 0 Å². The van der Waals surface area contributed by atoms with E-state index in [9.17, 15) is 4.39 Å². The largest absolute Gasteiger partial charge is 0.488 e. The Morgan fingerprint density at radius 3 is 2.50 bits per heavy atom. The summed E-state index contributed by atoms with van der Waals surface area (Å²) in [4.78, 5) is 4.92. The van der Waals surface area contributed by atoms with Crippen LogP contribution >= 0.6 is 11.8 Å².